The predicted molar refractivity (Wildman–Crippen MR) is 119 cm³/mol. The van der Waals surface area contributed by atoms with E-state index in [2.05, 4.69) is 20.2 Å². The lowest BCUT2D eigenvalue weighted by atomic mass is 10.2. The summed E-state index contributed by atoms with van der Waals surface area (Å²) in [5.74, 6) is 0.818. The largest absolute Gasteiger partial charge is 0.494 e. The zero-order chi connectivity index (χ0) is 21.6. The molecule has 1 aliphatic heterocycles. The van der Waals surface area contributed by atoms with Gasteiger partial charge in [0.2, 0.25) is 5.88 Å². The van der Waals surface area contributed by atoms with E-state index in [9.17, 15) is 4.79 Å². The van der Waals surface area contributed by atoms with Crippen molar-refractivity contribution in [1.82, 2.24) is 9.97 Å². The lowest BCUT2D eigenvalue weighted by molar-refractivity contribution is 0.102. The van der Waals surface area contributed by atoms with Crippen LogP contribution in [0.5, 0.6) is 11.6 Å². The minimum Gasteiger partial charge on any atom is -0.494 e. The summed E-state index contributed by atoms with van der Waals surface area (Å²) in [6.45, 7) is 3.87. The third-order valence-corrected chi connectivity index (χ3v) is 5.81. The van der Waals surface area contributed by atoms with Crippen molar-refractivity contribution in [2.45, 2.75) is 0 Å². The minimum absolute atomic E-state index is 0.290. The smallest absolute Gasteiger partial charge is 0.259 e. The molecule has 1 saturated heterocycles. The maximum Gasteiger partial charge on any atom is 0.259 e. The fourth-order valence-electron chi connectivity index (χ4n) is 3.24. The fourth-order valence-corrected chi connectivity index (χ4v) is 4.26. The van der Waals surface area contributed by atoms with Crippen molar-refractivity contribution in [2.24, 2.45) is 0 Å². The Kier molecular flexibility index (Phi) is 6.80. The quantitative estimate of drug-likeness (QED) is 0.530. The van der Waals surface area contributed by atoms with E-state index in [0.717, 1.165) is 29.0 Å². The summed E-state index contributed by atoms with van der Waals surface area (Å²) in [6.07, 6.45) is 1.48. The number of nitrogens with one attached hydrogen (secondary N) is 1. The number of methoxy groups -OCH3 is 2. The molecule has 9 nitrogen and oxygen atoms in total. The van der Waals surface area contributed by atoms with Gasteiger partial charge in [-0.2, -0.15) is 0 Å². The van der Waals surface area contributed by atoms with Gasteiger partial charge in [-0.05, 0) is 18.2 Å². The van der Waals surface area contributed by atoms with Gasteiger partial charge in [-0.1, -0.05) is 11.3 Å². The van der Waals surface area contributed by atoms with Crippen LogP contribution in [-0.4, -0.2) is 69.6 Å². The summed E-state index contributed by atoms with van der Waals surface area (Å²) in [5, 5.41) is 3.37. The highest BCUT2D eigenvalue weighted by Gasteiger charge is 2.20. The van der Waals surface area contributed by atoms with E-state index in [4.69, 9.17) is 18.9 Å². The second-order valence-corrected chi connectivity index (χ2v) is 7.76. The molecule has 0 bridgehead atoms. The maximum absolute atomic E-state index is 12.7. The van der Waals surface area contributed by atoms with Crippen molar-refractivity contribution < 1.29 is 23.7 Å². The summed E-state index contributed by atoms with van der Waals surface area (Å²) >= 11 is 1.42. The average Bonchev–Trinajstić information content (AvgIpc) is 3.23. The molecule has 0 saturated carbocycles. The lowest BCUT2D eigenvalue weighted by Crippen LogP contribution is -2.36. The van der Waals surface area contributed by atoms with Crippen LogP contribution in [0.1, 0.15) is 10.4 Å². The Bertz CT molecular complexity index is 1030. The number of benzene rings is 1. The van der Waals surface area contributed by atoms with Gasteiger partial charge in [-0.25, -0.2) is 9.97 Å². The molecule has 31 heavy (non-hydrogen) atoms. The maximum atomic E-state index is 12.7. The number of aromatic nitrogens is 2. The standard InChI is InChI=1S/C21H24N4O5S/c1-27-11-12-30-17-6-3-14(13-22-17)20(26)24-21-23-18-16(28-2)5-4-15(19(18)31-21)25-7-9-29-10-8-25/h3-6,13H,7-12H2,1-2H3,(H,23,24,26). The summed E-state index contributed by atoms with van der Waals surface area (Å²) in [7, 11) is 3.22. The highest BCUT2D eigenvalue weighted by atomic mass is 32.1. The number of hydrogen-bond acceptors (Lipinski definition) is 9. The SMILES string of the molecule is COCCOc1ccc(C(=O)Nc2nc3c(OC)ccc(N4CCOCC4)c3s2)cn1. The van der Waals surface area contributed by atoms with Gasteiger partial charge in [-0.3, -0.25) is 10.1 Å². The monoisotopic (exact) mass is 444 g/mol. The van der Waals surface area contributed by atoms with Crippen LogP contribution in [0, 0.1) is 0 Å². The van der Waals surface area contributed by atoms with E-state index in [1.54, 1.807) is 26.4 Å². The van der Waals surface area contributed by atoms with E-state index in [-0.39, 0.29) is 5.91 Å². The molecule has 0 atom stereocenters. The first-order valence-electron chi connectivity index (χ1n) is 9.89. The summed E-state index contributed by atoms with van der Waals surface area (Å²) in [6, 6.07) is 7.26. The molecule has 4 rings (SSSR count). The van der Waals surface area contributed by atoms with E-state index in [1.165, 1.54) is 17.5 Å². The van der Waals surface area contributed by atoms with Crippen molar-refractivity contribution >= 4 is 38.3 Å². The van der Waals surface area contributed by atoms with Crippen LogP contribution in [0.15, 0.2) is 30.5 Å². The van der Waals surface area contributed by atoms with Gasteiger partial charge < -0.3 is 23.8 Å². The Hall–Kier alpha value is -2.95. The van der Waals surface area contributed by atoms with Gasteiger partial charge in [0.05, 0.1) is 42.9 Å². The molecule has 1 fully saturated rings. The Balaban J connectivity index is 1.53. The van der Waals surface area contributed by atoms with Gasteiger partial charge in [0.25, 0.3) is 5.91 Å². The Morgan fingerprint density at radius 3 is 2.74 bits per heavy atom. The molecule has 3 heterocycles. The molecule has 1 N–H and O–H groups in total. The number of rotatable bonds is 8. The third-order valence-electron chi connectivity index (χ3n) is 4.81. The molecular formula is C21H24N4O5S. The number of carbonyl (C=O) groups excluding carboxylic acids is 1. The van der Waals surface area contributed by atoms with E-state index < -0.39 is 0 Å². The second-order valence-electron chi connectivity index (χ2n) is 6.76. The van der Waals surface area contributed by atoms with Crippen LogP contribution in [0.3, 0.4) is 0 Å². The molecule has 0 spiro atoms. The molecule has 0 aliphatic carbocycles. The molecule has 3 aromatic rings. The van der Waals surface area contributed by atoms with Crippen LogP contribution in [0.2, 0.25) is 0 Å². The first-order chi connectivity index (χ1) is 15.2. The van der Waals surface area contributed by atoms with Gasteiger partial charge >= 0.3 is 0 Å². The highest BCUT2D eigenvalue weighted by molar-refractivity contribution is 7.23. The minimum atomic E-state index is -0.290. The third kappa shape index (κ3) is 4.87. The zero-order valence-corrected chi connectivity index (χ0v) is 18.2. The first kappa shape index (κ1) is 21.3. The second kappa shape index (κ2) is 9.90. The molecule has 10 heteroatoms. The Morgan fingerprint density at radius 1 is 1.19 bits per heavy atom. The zero-order valence-electron chi connectivity index (χ0n) is 17.4. The highest BCUT2D eigenvalue weighted by Crippen LogP contribution is 2.39. The number of amides is 1. The van der Waals surface area contributed by atoms with Crippen molar-refractivity contribution in [3.8, 4) is 11.6 Å². The van der Waals surface area contributed by atoms with Crippen LogP contribution >= 0.6 is 11.3 Å². The molecule has 2 aromatic heterocycles. The number of pyridine rings is 1. The molecule has 1 aliphatic rings. The average molecular weight is 445 g/mol. The summed E-state index contributed by atoms with van der Waals surface area (Å²) in [4.78, 5) is 23.7. The first-order valence-corrected chi connectivity index (χ1v) is 10.7. The molecule has 1 aromatic carbocycles. The number of fused-ring (bicyclic) bond motifs is 1. The number of nitrogens with zero attached hydrogens (tertiary/aromatic N) is 3. The van der Waals surface area contributed by atoms with Gasteiger partial charge in [0.15, 0.2) is 5.13 Å². The van der Waals surface area contributed by atoms with Crippen molar-refractivity contribution in [1.29, 1.82) is 0 Å². The van der Waals surface area contributed by atoms with Crippen LogP contribution in [0.4, 0.5) is 10.8 Å². The number of morpholine rings is 1. The Morgan fingerprint density at radius 2 is 2.03 bits per heavy atom. The van der Waals surface area contributed by atoms with Gasteiger partial charge in [0, 0.05) is 32.5 Å². The van der Waals surface area contributed by atoms with Crippen LogP contribution in [-0.2, 0) is 9.47 Å². The number of hydrogen-bond donors (Lipinski definition) is 1. The Labute approximate surface area is 183 Å². The number of thiazole rings is 1. The number of anilines is 2. The van der Waals surface area contributed by atoms with Crippen LogP contribution < -0.4 is 19.7 Å². The van der Waals surface area contributed by atoms with Crippen molar-refractivity contribution in [3.63, 3.8) is 0 Å². The normalized spacial score (nSPS) is 13.9. The van der Waals surface area contributed by atoms with Gasteiger partial charge in [0.1, 0.15) is 17.9 Å². The lowest BCUT2D eigenvalue weighted by Gasteiger charge is -2.29. The summed E-state index contributed by atoms with van der Waals surface area (Å²) < 4.78 is 22.3. The van der Waals surface area contributed by atoms with E-state index >= 15 is 0 Å². The van der Waals surface area contributed by atoms with Gasteiger partial charge in [-0.15, -0.1) is 0 Å². The molecule has 1 amide bonds. The van der Waals surface area contributed by atoms with Crippen LogP contribution in [0.25, 0.3) is 10.2 Å². The predicted octanol–water partition coefficient (Wildman–Crippen LogP) is 2.81. The number of carbonyl (C=O) groups is 1. The molecule has 0 radical (unpaired) electrons. The van der Waals surface area contributed by atoms with Crippen molar-refractivity contribution in [2.75, 3.05) is 64.0 Å². The molecule has 164 valence electrons. The topological polar surface area (TPSA) is 95.0 Å². The van der Waals surface area contributed by atoms with Crippen molar-refractivity contribution in [3.05, 3.63) is 36.0 Å². The molecular weight excluding hydrogens is 420 g/mol. The number of ether oxygens (including phenoxy) is 4. The summed E-state index contributed by atoms with van der Waals surface area (Å²) in [5.41, 5.74) is 2.21. The molecule has 0 unspecified atom stereocenters. The van der Waals surface area contributed by atoms with E-state index in [0.29, 0.717) is 48.8 Å². The fraction of sp³-hybridized carbons (Fsp3) is 0.381. The van der Waals surface area contributed by atoms with E-state index in [1.807, 2.05) is 12.1 Å².